The van der Waals surface area contributed by atoms with Crippen molar-refractivity contribution in [3.8, 4) is 5.69 Å². The lowest BCUT2D eigenvalue weighted by Crippen LogP contribution is -2.30. The molecule has 3 N–H and O–H groups in total. The summed E-state index contributed by atoms with van der Waals surface area (Å²) >= 11 is 0. The molecule has 0 unspecified atom stereocenters. The van der Waals surface area contributed by atoms with Crippen LogP contribution in [-0.4, -0.2) is 35.3 Å². The van der Waals surface area contributed by atoms with E-state index in [-0.39, 0.29) is 12.2 Å². The van der Waals surface area contributed by atoms with Crippen molar-refractivity contribution in [3.05, 3.63) is 42.2 Å². The lowest BCUT2D eigenvalue weighted by atomic mass is 10.3. The SMILES string of the molecule is COC(=O)CNC(=O)c1ccn(-c2ccc(N)cc2)n1. The van der Waals surface area contributed by atoms with Gasteiger partial charge in [-0.2, -0.15) is 5.10 Å². The number of anilines is 1. The molecular formula is C13H14N4O3. The summed E-state index contributed by atoms with van der Waals surface area (Å²) in [6.45, 7) is -0.190. The number of carbonyl (C=O) groups is 2. The van der Waals surface area contributed by atoms with Crippen molar-refractivity contribution in [1.29, 1.82) is 0 Å². The van der Waals surface area contributed by atoms with Gasteiger partial charge in [0.05, 0.1) is 12.8 Å². The summed E-state index contributed by atoms with van der Waals surface area (Å²) in [6, 6.07) is 8.63. The number of nitrogens with zero attached hydrogens (tertiary/aromatic N) is 2. The van der Waals surface area contributed by atoms with Crippen molar-refractivity contribution >= 4 is 17.6 Å². The molecule has 1 aromatic heterocycles. The number of nitrogen functional groups attached to an aromatic ring is 1. The minimum Gasteiger partial charge on any atom is -0.468 e. The van der Waals surface area contributed by atoms with Gasteiger partial charge in [0, 0.05) is 11.9 Å². The lowest BCUT2D eigenvalue weighted by molar-refractivity contribution is -0.139. The topological polar surface area (TPSA) is 99.2 Å². The number of methoxy groups -OCH3 is 1. The van der Waals surface area contributed by atoms with E-state index in [0.717, 1.165) is 5.69 Å². The van der Waals surface area contributed by atoms with Gasteiger partial charge in [0.25, 0.3) is 5.91 Å². The number of aromatic nitrogens is 2. The Morgan fingerprint density at radius 3 is 2.65 bits per heavy atom. The van der Waals surface area contributed by atoms with E-state index in [1.54, 1.807) is 41.2 Å². The number of benzene rings is 1. The van der Waals surface area contributed by atoms with Gasteiger partial charge in [-0.1, -0.05) is 0 Å². The van der Waals surface area contributed by atoms with Gasteiger partial charge in [-0.15, -0.1) is 0 Å². The Balaban J connectivity index is 2.06. The normalized spacial score (nSPS) is 10.1. The van der Waals surface area contributed by atoms with Gasteiger partial charge in [-0.3, -0.25) is 9.59 Å². The smallest absolute Gasteiger partial charge is 0.325 e. The van der Waals surface area contributed by atoms with Crippen LogP contribution in [0.4, 0.5) is 5.69 Å². The van der Waals surface area contributed by atoms with Crippen LogP contribution < -0.4 is 11.1 Å². The Hall–Kier alpha value is -2.83. The third-order valence-electron chi connectivity index (χ3n) is 2.60. The number of rotatable bonds is 4. The number of hydrogen-bond acceptors (Lipinski definition) is 5. The largest absolute Gasteiger partial charge is 0.468 e. The fraction of sp³-hybridized carbons (Fsp3) is 0.154. The van der Waals surface area contributed by atoms with Crippen molar-refractivity contribution < 1.29 is 14.3 Å². The van der Waals surface area contributed by atoms with Crippen molar-refractivity contribution in [2.24, 2.45) is 0 Å². The van der Waals surface area contributed by atoms with Crippen LogP contribution in [-0.2, 0) is 9.53 Å². The maximum absolute atomic E-state index is 11.7. The number of carbonyl (C=O) groups excluding carboxylic acids is 2. The molecule has 1 amide bonds. The third-order valence-corrected chi connectivity index (χ3v) is 2.60. The standard InChI is InChI=1S/C13H14N4O3/c1-20-12(18)8-15-13(19)11-6-7-17(16-11)10-4-2-9(14)3-5-10/h2-7H,8,14H2,1H3,(H,15,19). The van der Waals surface area contributed by atoms with Gasteiger partial charge in [0.15, 0.2) is 5.69 Å². The molecule has 1 aromatic carbocycles. The molecule has 104 valence electrons. The molecular weight excluding hydrogens is 260 g/mol. The van der Waals surface area contributed by atoms with Crippen LogP contribution in [0.2, 0.25) is 0 Å². The summed E-state index contributed by atoms with van der Waals surface area (Å²) in [5.74, 6) is -0.957. The van der Waals surface area contributed by atoms with Crippen LogP contribution in [0.3, 0.4) is 0 Å². The number of esters is 1. The molecule has 0 spiro atoms. The molecule has 0 radical (unpaired) electrons. The Morgan fingerprint density at radius 2 is 2.00 bits per heavy atom. The summed E-state index contributed by atoms with van der Waals surface area (Å²) in [6.07, 6.45) is 1.65. The maximum atomic E-state index is 11.7. The van der Waals surface area contributed by atoms with E-state index in [4.69, 9.17) is 5.73 Å². The molecule has 2 aromatic rings. The second kappa shape index (κ2) is 5.87. The predicted molar refractivity (Wildman–Crippen MR) is 72.3 cm³/mol. The van der Waals surface area contributed by atoms with Crippen molar-refractivity contribution in [2.75, 3.05) is 19.4 Å². The Kier molecular flexibility index (Phi) is 3.99. The second-order valence-corrected chi connectivity index (χ2v) is 4.00. The molecule has 7 nitrogen and oxygen atoms in total. The van der Waals surface area contributed by atoms with E-state index in [9.17, 15) is 9.59 Å². The number of nitrogens with two attached hydrogens (primary N) is 1. The summed E-state index contributed by atoms with van der Waals surface area (Å²) < 4.78 is 5.98. The van der Waals surface area contributed by atoms with Crippen LogP contribution in [0.15, 0.2) is 36.5 Å². The average Bonchev–Trinajstić information content (AvgIpc) is 2.95. The van der Waals surface area contributed by atoms with E-state index in [1.165, 1.54) is 7.11 Å². The Bertz CT molecular complexity index is 619. The van der Waals surface area contributed by atoms with Gasteiger partial charge in [-0.25, -0.2) is 4.68 Å². The highest BCUT2D eigenvalue weighted by Crippen LogP contribution is 2.10. The fourth-order valence-electron chi connectivity index (χ4n) is 1.53. The zero-order valence-corrected chi connectivity index (χ0v) is 10.9. The van der Waals surface area contributed by atoms with Gasteiger partial charge >= 0.3 is 5.97 Å². The van der Waals surface area contributed by atoms with Crippen LogP contribution >= 0.6 is 0 Å². The van der Waals surface area contributed by atoms with Crippen molar-refractivity contribution in [2.45, 2.75) is 0 Å². The summed E-state index contributed by atoms with van der Waals surface area (Å²) in [5, 5.41) is 6.54. The zero-order valence-electron chi connectivity index (χ0n) is 10.9. The summed E-state index contributed by atoms with van der Waals surface area (Å²) in [4.78, 5) is 22.7. The maximum Gasteiger partial charge on any atom is 0.325 e. The molecule has 0 saturated carbocycles. The molecule has 20 heavy (non-hydrogen) atoms. The quantitative estimate of drug-likeness (QED) is 0.619. The van der Waals surface area contributed by atoms with E-state index in [1.807, 2.05) is 0 Å². The summed E-state index contributed by atoms with van der Waals surface area (Å²) in [5.41, 5.74) is 7.25. The molecule has 1 heterocycles. The molecule has 0 atom stereocenters. The number of ether oxygens (including phenoxy) is 1. The molecule has 2 rings (SSSR count). The highest BCUT2D eigenvalue weighted by atomic mass is 16.5. The van der Waals surface area contributed by atoms with Crippen LogP contribution in [0.5, 0.6) is 0 Å². The van der Waals surface area contributed by atoms with E-state index < -0.39 is 11.9 Å². The summed E-state index contributed by atoms with van der Waals surface area (Å²) in [7, 11) is 1.25. The predicted octanol–water partition coefficient (Wildman–Crippen LogP) is 0.357. The molecule has 0 aliphatic rings. The molecule has 0 bridgehead atoms. The highest BCUT2D eigenvalue weighted by molar-refractivity contribution is 5.94. The molecule has 0 aliphatic carbocycles. The average molecular weight is 274 g/mol. The first-order valence-corrected chi connectivity index (χ1v) is 5.87. The molecule has 0 saturated heterocycles. The van der Waals surface area contributed by atoms with Crippen molar-refractivity contribution in [1.82, 2.24) is 15.1 Å². The highest BCUT2D eigenvalue weighted by Gasteiger charge is 2.11. The third kappa shape index (κ3) is 3.14. The van der Waals surface area contributed by atoms with Crippen LogP contribution in [0, 0.1) is 0 Å². The first-order chi connectivity index (χ1) is 9.60. The van der Waals surface area contributed by atoms with Gasteiger partial charge in [0.2, 0.25) is 0 Å². The number of nitrogens with one attached hydrogen (secondary N) is 1. The second-order valence-electron chi connectivity index (χ2n) is 4.00. The molecule has 0 fully saturated rings. The first kappa shape index (κ1) is 13.6. The monoisotopic (exact) mass is 274 g/mol. The van der Waals surface area contributed by atoms with Crippen molar-refractivity contribution in [3.63, 3.8) is 0 Å². The zero-order chi connectivity index (χ0) is 14.5. The van der Waals surface area contributed by atoms with E-state index in [2.05, 4.69) is 15.2 Å². The lowest BCUT2D eigenvalue weighted by Gasteiger charge is -2.02. The van der Waals surface area contributed by atoms with Crippen LogP contribution in [0.25, 0.3) is 5.69 Å². The van der Waals surface area contributed by atoms with Gasteiger partial charge in [0.1, 0.15) is 6.54 Å². The Labute approximate surface area is 115 Å². The molecule has 7 heteroatoms. The van der Waals surface area contributed by atoms with Crippen LogP contribution in [0.1, 0.15) is 10.5 Å². The van der Waals surface area contributed by atoms with Gasteiger partial charge < -0.3 is 15.8 Å². The fourth-order valence-corrected chi connectivity index (χ4v) is 1.53. The first-order valence-electron chi connectivity index (χ1n) is 5.87. The minimum absolute atomic E-state index is 0.190. The van der Waals surface area contributed by atoms with E-state index >= 15 is 0 Å². The van der Waals surface area contributed by atoms with Gasteiger partial charge in [-0.05, 0) is 30.3 Å². The molecule has 0 aliphatic heterocycles. The van der Waals surface area contributed by atoms with E-state index in [0.29, 0.717) is 5.69 Å². The Morgan fingerprint density at radius 1 is 1.30 bits per heavy atom. The number of hydrogen-bond donors (Lipinski definition) is 2. The number of amides is 1. The minimum atomic E-state index is -0.517.